The van der Waals surface area contributed by atoms with Crippen molar-refractivity contribution in [2.24, 2.45) is 11.8 Å². The van der Waals surface area contributed by atoms with Crippen molar-refractivity contribution in [3.8, 4) is 0 Å². The van der Waals surface area contributed by atoms with Crippen LogP contribution in [0.25, 0.3) is 0 Å². The molecule has 41 heavy (non-hydrogen) atoms. The smallest absolute Gasteiger partial charge is 0.322 e. The number of nitrogens with one attached hydrogen (secondary N) is 1. The number of carbonyl (C=O) groups excluding carboxylic acids is 4. The first-order chi connectivity index (χ1) is 19.3. The standard InChI is InChI=1S/C25H38N4O8.C4H10/c1-19(2)16-29(25(37)20-7-4-3-5-8-20)18-23(34)28(10-6-13-30)17-22(33)27(12-14-31)11-9-21(32)26-15-24(35)36;1-4(2)3/h3-5,7-8,19,30-31H,6,9-18H2,1-2H3,(H,26,32)(H,35,36);4H,1-3H3. The van der Waals surface area contributed by atoms with Crippen LogP contribution in [-0.2, 0) is 19.2 Å². The number of carboxylic acid groups (broad SMARTS) is 1. The summed E-state index contributed by atoms with van der Waals surface area (Å²) in [4.78, 5) is 65.5. The van der Waals surface area contributed by atoms with Gasteiger partial charge in [0.2, 0.25) is 17.7 Å². The van der Waals surface area contributed by atoms with Crippen molar-refractivity contribution in [3.63, 3.8) is 0 Å². The van der Waals surface area contributed by atoms with Crippen LogP contribution in [-0.4, -0.2) is 119 Å². The van der Waals surface area contributed by atoms with Gasteiger partial charge in [0, 0.05) is 44.8 Å². The number of carbonyl (C=O) groups is 5. The van der Waals surface area contributed by atoms with Gasteiger partial charge < -0.3 is 35.3 Å². The number of carboxylic acids is 1. The molecule has 0 fully saturated rings. The van der Waals surface area contributed by atoms with Crippen molar-refractivity contribution in [2.45, 2.75) is 47.5 Å². The van der Waals surface area contributed by atoms with Gasteiger partial charge in [-0.15, -0.1) is 0 Å². The topological polar surface area (TPSA) is 168 Å². The fourth-order valence-electron chi connectivity index (χ4n) is 3.48. The van der Waals surface area contributed by atoms with E-state index in [0.29, 0.717) is 12.1 Å². The summed E-state index contributed by atoms with van der Waals surface area (Å²) in [5.74, 6) is -2.18. The molecule has 0 aromatic heterocycles. The maximum atomic E-state index is 13.2. The van der Waals surface area contributed by atoms with Crippen LogP contribution in [0.4, 0.5) is 0 Å². The molecule has 0 aliphatic heterocycles. The maximum absolute atomic E-state index is 13.2. The number of aliphatic carboxylic acids is 1. The molecule has 0 aliphatic rings. The molecule has 0 unspecified atom stereocenters. The van der Waals surface area contributed by atoms with Crippen LogP contribution in [0.15, 0.2) is 30.3 Å². The number of rotatable bonds is 17. The molecule has 4 N–H and O–H groups in total. The van der Waals surface area contributed by atoms with E-state index in [-0.39, 0.29) is 70.6 Å². The molecule has 0 atom stereocenters. The summed E-state index contributed by atoms with van der Waals surface area (Å²) in [5.41, 5.74) is 0.434. The van der Waals surface area contributed by atoms with E-state index in [1.807, 2.05) is 13.8 Å². The Morgan fingerprint density at radius 3 is 1.85 bits per heavy atom. The lowest BCUT2D eigenvalue weighted by atomic mass is 10.1. The highest BCUT2D eigenvalue weighted by Gasteiger charge is 2.26. The van der Waals surface area contributed by atoms with Gasteiger partial charge in [-0.3, -0.25) is 24.0 Å². The van der Waals surface area contributed by atoms with Gasteiger partial charge in [0.25, 0.3) is 5.91 Å². The lowest BCUT2D eigenvalue weighted by molar-refractivity contribution is -0.141. The molecule has 0 bridgehead atoms. The molecule has 0 aliphatic carbocycles. The van der Waals surface area contributed by atoms with Gasteiger partial charge in [-0.1, -0.05) is 52.8 Å². The first kappa shape index (κ1) is 37.5. The predicted molar refractivity (Wildman–Crippen MR) is 155 cm³/mol. The molecule has 0 heterocycles. The van der Waals surface area contributed by atoms with Crippen LogP contribution in [0.5, 0.6) is 0 Å². The molecule has 12 heteroatoms. The molecule has 1 aromatic rings. The van der Waals surface area contributed by atoms with Crippen LogP contribution in [0.1, 0.15) is 57.8 Å². The molecular formula is C29H48N4O8. The van der Waals surface area contributed by atoms with Gasteiger partial charge in [0.1, 0.15) is 13.1 Å². The van der Waals surface area contributed by atoms with Crippen molar-refractivity contribution in [1.82, 2.24) is 20.0 Å². The summed E-state index contributed by atoms with van der Waals surface area (Å²) in [6, 6.07) is 8.56. The highest BCUT2D eigenvalue weighted by atomic mass is 16.4. The van der Waals surface area contributed by atoms with E-state index in [0.717, 1.165) is 5.92 Å². The minimum atomic E-state index is -1.20. The Kier molecular flexibility index (Phi) is 19.4. The van der Waals surface area contributed by atoms with Crippen LogP contribution in [0.3, 0.4) is 0 Å². The average Bonchev–Trinajstić information content (AvgIpc) is 2.91. The summed E-state index contributed by atoms with van der Waals surface area (Å²) >= 11 is 0. The zero-order valence-electron chi connectivity index (χ0n) is 25.0. The highest BCUT2D eigenvalue weighted by Crippen LogP contribution is 2.09. The zero-order chi connectivity index (χ0) is 31.4. The quantitative estimate of drug-likeness (QED) is 0.212. The molecule has 4 amide bonds. The zero-order valence-corrected chi connectivity index (χ0v) is 25.0. The highest BCUT2D eigenvalue weighted by molar-refractivity contribution is 5.97. The molecular weight excluding hydrogens is 532 g/mol. The van der Waals surface area contributed by atoms with E-state index in [4.69, 9.17) is 5.11 Å². The maximum Gasteiger partial charge on any atom is 0.322 e. The van der Waals surface area contributed by atoms with Gasteiger partial charge in [0.05, 0.1) is 13.2 Å². The number of hydrogen-bond acceptors (Lipinski definition) is 7. The van der Waals surface area contributed by atoms with E-state index in [2.05, 4.69) is 26.1 Å². The monoisotopic (exact) mass is 580 g/mol. The fraction of sp³-hybridized carbons (Fsp3) is 0.621. The summed E-state index contributed by atoms with van der Waals surface area (Å²) in [6.45, 7) is 8.80. The van der Waals surface area contributed by atoms with Crippen molar-refractivity contribution in [2.75, 3.05) is 59.0 Å². The van der Waals surface area contributed by atoms with E-state index >= 15 is 0 Å². The first-order valence-corrected chi connectivity index (χ1v) is 13.9. The second kappa shape index (κ2) is 21.3. The number of aliphatic hydroxyl groups excluding tert-OH is 2. The van der Waals surface area contributed by atoms with Crippen LogP contribution in [0, 0.1) is 11.8 Å². The molecule has 0 radical (unpaired) electrons. The molecule has 0 spiro atoms. The third-order valence-electron chi connectivity index (χ3n) is 5.25. The van der Waals surface area contributed by atoms with E-state index in [1.54, 1.807) is 30.3 Å². The van der Waals surface area contributed by atoms with Gasteiger partial charge in [0.15, 0.2) is 0 Å². The van der Waals surface area contributed by atoms with Crippen molar-refractivity contribution in [1.29, 1.82) is 0 Å². The van der Waals surface area contributed by atoms with E-state index < -0.39 is 30.2 Å². The summed E-state index contributed by atoms with van der Waals surface area (Å²) in [6.07, 6.45) is 0.0325. The Morgan fingerprint density at radius 1 is 0.780 bits per heavy atom. The van der Waals surface area contributed by atoms with Gasteiger partial charge in [-0.2, -0.15) is 0 Å². The summed E-state index contributed by atoms with van der Waals surface area (Å²) < 4.78 is 0. The molecule has 1 aromatic carbocycles. The minimum absolute atomic E-state index is 0.0716. The number of nitrogens with zero attached hydrogens (tertiary/aromatic N) is 3. The minimum Gasteiger partial charge on any atom is -0.480 e. The fourth-order valence-corrected chi connectivity index (χ4v) is 3.48. The van der Waals surface area contributed by atoms with Crippen LogP contribution < -0.4 is 5.32 Å². The van der Waals surface area contributed by atoms with E-state index in [1.165, 1.54) is 14.7 Å². The molecule has 1 rings (SSSR count). The number of aliphatic hydroxyl groups is 2. The predicted octanol–water partition coefficient (Wildman–Crippen LogP) is 1.07. The van der Waals surface area contributed by atoms with Gasteiger partial charge in [-0.05, 0) is 30.4 Å². The summed E-state index contributed by atoms with van der Waals surface area (Å²) in [5, 5.41) is 29.5. The molecule has 232 valence electrons. The largest absolute Gasteiger partial charge is 0.480 e. The Morgan fingerprint density at radius 2 is 1.34 bits per heavy atom. The second-order valence-corrected chi connectivity index (χ2v) is 10.6. The third kappa shape index (κ3) is 17.7. The van der Waals surface area contributed by atoms with Gasteiger partial charge >= 0.3 is 5.97 Å². The average molecular weight is 581 g/mol. The Labute approximate surface area is 243 Å². The molecule has 0 saturated carbocycles. The van der Waals surface area contributed by atoms with Crippen LogP contribution >= 0.6 is 0 Å². The summed E-state index contributed by atoms with van der Waals surface area (Å²) in [7, 11) is 0. The van der Waals surface area contributed by atoms with Crippen molar-refractivity contribution < 1.29 is 39.3 Å². The SMILES string of the molecule is CC(C)C.CC(C)CN(CC(=O)N(CCCO)CC(=O)N(CCO)CCC(=O)NCC(=O)O)C(=O)c1ccccc1. The number of hydrogen-bond donors (Lipinski definition) is 4. The Balaban J connectivity index is 0.00000373. The molecule has 0 saturated heterocycles. The Bertz CT molecular complexity index is 937. The second-order valence-electron chi connectivity index (χ2n) is 10.6. The normalized spacial score (nSPS) is 10.5. The van der Waals surface area contributed by atoms with Crippen LogP contribution in [0.2, 0.25) is 0 Å². The lowest BCUT2D eigenvalue weighted by Gasteiger charge is -2.30. The first-order valence-electron chi connectivity index (χ1n) is 13.9. The van der Waals surface area contributed by atoms with Crippen molar-refractivity contribution in [3.05, 3.63) is 35.9 Å². The Hall–Kier alpha value is -3.51. The number of amides is 4. The van der Waals surface area contributed by atoms with Crippen molar-refractivity contribution >= 4 is 29.6 Å². The van der Waals surface area contributed by atoms with E-state index in [9.17, 15) is 34.2 Å². The number of benzene rings is 1. The van der Waals surface area contributed by atoms with Gasteiger partial charge in [-0.25, -0.2) is 0 Å². The lowest BCUT2D eigenvalue weighted by Crippen LogP contribution is -2.49. The molecule has 12 nitrogen and oxygen atoms in total. The third-order valence-corrected chi connectivity index (χ3v) is 5.25.